The molecule has 0 spiro atoms. The normalized spacial score (nSPS) is 12.8. The van der Waals surface area contributed by atoms with Crippen LogP contribution in [0.4, 0.5) is 0 Å². The van der Waals surface area contributed by atoms with Gasteiger partial charge in [-0.3, -0.25) is 9.58 Å². The average Bonchev–Trinajstić information content (AvgIpc) is 2.74. The van der Waals surface area contributed by atoms with Crippen LogP contribution in [0.15, 0.2) is 24.3 Å². The molecular formula is C17H25N3O2. The third kappa shape index (κ3) is 3.48. The zero-order valence-corrected chi connectivity index (χ0v) is 13.7. The summed E-state index contributed by atoms with van der Waals surface area (Å²) in [5, 5.41) is 23.2. The van der Waals surface area contributed by atoms with E-state index < -0.39 is 0 Å². The summed E-state index contributed by atoms with van der Waals surface area (Å²) in [6.45, 7) is 7.56. The van der Waals surface area contributed by atoms with E-state index in [9.17, 15) is 5.11 Å². The van der Waals surface area contributed by atoms with Crippen LogP contribution in [0, 0.1) is 13.8 Å². The first kappa shape index (κ1) is 16.5. The predicted molar refractivity (Wildman–Crippen MR) is 86.8 cm³/mol. The second kappa shape index (κ2) is 6.94. The molecule has 0 amide bonds. The Bertz CT molecular complexity index is 637. The van der Waals surface area contributed by atoms with E-state index in [-0.39, 0.29) is 12.6 Å². The van der Waals surface area contributed by atoms with E-state index in [0.29, 0.717) is 12.3 Å². The lowest BCUT2D eigenvalue weighted by Gasteiger charge is -2.25. The average molecular weight is 303 g/mol. The van der Waals surface area contributed by atoms with E-state index in [0.717, 1.165) is 23.5 Å². The van der Waals surface area contributed by atoms with Crippen LogP contribution >= 0.6 is 0 Å². The standard InChI is InChI=1S/C17H25N3O2/c1-12-17(14(3)20(18-12)8-9-21)11-19(4)13(2)15-6-5-7-16(22)10-15/h5-7,10,13,21-22H,8-9,11H2,1-4H3. The van der Waals surface area contributed by atoms with Crippen molar-refractivity contribution < 1.29 is 10.2 Å². The highest BCUT2D eigenvalue weighted by Gasteiger charge is 2.17. The zero-order valence-electron chi connectivity index (χ0n) is 13.7. The van der Waals surface area contributed by atoms with Crippen LogP contribution in [0.25, 0.3) is 0 Å². The van der Waals surface area contributed by atoms with E-state index in [4.69, 9.17) is 5.11 Å². The highest BCUT2D eigenvalue weighted by Crippen LogP contribution is 2.25. The van der Waals surface area contributed by atoms with Gasteiger partial charge in [0.1, 0.15) is 5.75 Å². The molecule has 2 N–H and O–H groups in total. The van der Waals surface area contributed by atoms with Crippen LogP contribution in [0.1, 0.15) is 35.5 Å². The van der Waals surface area contributed by atoms with Gasteiger partial charge in [0.05, 0.1) is 18.8 Å². The molecule has 1 heterocycles. The SMILES string of the molecule is Cc1nn(CCO)c(C)c1CN(C)C(C)c1cccc(O)c1. The maximum atomic E-state index is 9.63. The molecule has 1 atom stereocenters. The number of aromatic hydroxyl groups is 1. The summed E-state index contributed by atoms with van der Waals surface area (Å²) in [4.78, 5) is 2.23. The van der Waals surface area contributed by atoms with Crippen LogP contribution in [0.5, 0.6) is 5.75 Å². The Kier molecular flexibility index (Phi) is 5.21. The zero-order chi connectivity index (χ0) is 16.3. The van der Waals surface area contributed by atoms with E-state index in [1.165, 1.54) is 5.56 Å². The highest BCUT2D eigenvalue weighted by molar-refractivity contribution is 5.30. The van der Waals surface area contributed by atoms with E-state index in [2.05, 4.69) is 24.0 Å². The van der Waals surface area contributed by atoms with Gasteiger partial charge in [-0.15, -0.1) is 0 Å². The van der Waals surface area contributed by atoms with Gasteiger partial charge in [-0.1, -0.05) is 12.1 Å². The highest BCUT2D eigenvalue weighted by atomic mass is 16.3. The number of nitrogens with zero attached hydrogens (tertiary/aromatic N) is 3. The number of hydrogen-bond donors (Lipinski definition) is 2. The first-order valence-electron chi connectivity index (χ1n) is 7.57. The van der Waals surface area contributed by atoms with Gasteiger partial charge in [0.25, 0.3) is 0 Å². The van der Waals surface area contributed by atoms with Crippen molar-refractivity contribution >= 4 is 0 Å². The van der Waals surface area contributed by atoms with Crippen LogP contribution in [0.3, 0.4) is 0 Å². The van der Waals surface area contributed by atoms with E-state index in [1.54, 1.807) is 12.1 Å². The topological polar surface area (TPSA) is 61.5 Å². The van der Waals surface area contributed by atoms with Gasteiger partial charge in [0, 0.05) is 23.8 Å². The number of aliphatic hydroxyl groups is 1. The number of aromatic nitrogens is 2. The Balaban J connectivity index is 2.16. The van der Waals surface area contributed by atoms with E-state index in [1.807, 2.05) is 30.7 Å². The molecule has 120 valence electrons. The summed E-state index contributed by atoms with van der Waals surface area (Å²) >= 11 is 0. The molecule has 0 aliphatic heterocycles. The predicted octanol–water partition coefficient (Wildman–Crippen LogP) is 2.39. The van der Waals surface area contributed by atoms with Gasteiger partial charge in [0.15, 0.2) is 0 Å². The van der Waals surface area contributed by atoms with Crippen LogP contribution < -0.4 is 0 Å². The van der Waals surface area contributed by atoms with Crippen molar-refractivity contribution in [1.82, 2.24) is 14.7 Å². The Morgan fingerprint density at radius 3 is 2.68 bits per heavy atom. The Morgan fingerprint density at radius 1 is 1.32 bits per heavy atom. The molecular weight excluding hydrogens is 278 g/mol. The number of hydrogen-bond acceptors (Lipinski definition) is 4. The minimum absolute atomic E-state index is 0.0942. The molecule has 0 saturated carbocycles. The maximum absolute atomic E-state index is 9.63. The number of rotatable bonds is 6. The summed E-state index contributed by atoms with van der Waals surface area (Å²) in [7, 11) is 2.07. The fourth-order valence-corrected chi connectivity index (χ4v) is 2.70. The van der Waals surface area contributed by atoms with Crippen LogP contribution in [0.2, 0.25) is 0 Å². The summed E-state index contributed by atoms with van der Waals surface area (Å²) in [5.74, 6) is 0.292. The molecule has 0 radical (unpaired) electrons. The van der Waals surface area contributed by atoms with Gasteiger partial charge in [-0.2, -0.15) is 5.10 Å². The summed E-state index contributed by atoms with van der Waals surface area (Å²) in [5.41, 5.74) is 4.38. The molecule has 5 heteroatoms. The molecule has 0 fully saturated rings. The first-order chi connectivity index (χ1) is 10.4. The van der Waals surface area contributed by atoms with Crippen molar-refractivity contribution in [2.24, 2.45) is 0 Å². The maximum Gasteiger partial charge on any atom is 0.115 e. The molecule has 0 bridgehead atoms. The molecule has 1 unspecified atom stereocenters. The molecule has 0 saturated heterocycles. The Labute approximate surface area is 131 Å². The quantitative estimate of drug-likeness (QED) is 0.860. The molecule has 0 aliphatic rings. The van der Waals surface area contributed by atoms with Crippen LogP contribution in [-0.4, -0.2) is 38.5 Å². The second-order valence-corrected chi connectivity index (χ2v) is 5.78. The second-order valence-electron chi connectivity index (χ2n) is 5.78. The monoisotopic (exact) mass is 303 g/mol. The van der Waals surface area contributed by atoms with Crippen molar-refractivity contribution in [3.63, 3.8) is 0 Å². The fourth-order valence-electron chi connectivity index (χ4n) is 2.70. The minimum Gasteiger partial charge on any atom is -0.508 e. The van der Waals surface area contributed by atoms with Crippen molar-refractivity contribution in [1.29, 1.82) is 0 Å². The molecule has 1 aromatic heterocycles. The van der Waals surface area contributed by atoms with Crippen molar-refractivity contribution in [2.75, 3.05) is 13.7 Å². The molecule has 2 rings (SSSR count). The van der Waals surface area contributed by atoms with Gasteiger partial charge in [-0.05, 0) is 45.5 Å². The van der Waals surface area contributed by atoms with Crippen LogP contribution in [-0.2, 0) is 13.1 Å². The van der Waals surface area contributed by atoms with Gasteiger partial charge >= 0.3 is 0 Å². The molecule has 22 heavy (non-hydrogen) atoms. The number of phenols is 1. The summed E-state index contributed by atoms with van der Waals surface area (Å²) in [6.07, 6.45) is 0. The first-order valence-corrected chi connectivity index (χ1v) is 7.57. The Morgan fingerprint density at radius 2 is 2.05 bits per heavy atom. The third-order valence-corrected chi connectivity index (χ3v) is 4.26. The van der Waals surface area contributed by atoms with E-state index >= 15 is 0 Å². The molecule has 5 nitrogen and oxygen atoms in total. The summed E-state index contributed by atoms with van der Waals surface area (Å²) < 4.78 is 1.86. The van der Waals surface area contributed by atoms with Crippen molar-refractivity contribution in [3.8, 4) is 5.75 Å². The van der Waals surface area contributed by atoms with Gasteiger partial charge in [0.2, 0.25) is 0 Å². The smallest absolute Gasteiger partial charge is 0.115 e. The Hall–Kier alpha value is -1.85. The number of phenolic OH excluding ortho intramolecular Hbond substituents is 1. The lowest BCUT2D eigenvalue weighted by Crippen LogP contribution is -2.22. The lowest BCUT2D eigenvalue weighted by molar-refractivity contribution is 0.251. The van der Waals surface area contributed by atoms with Gasteiger partial charge in [-0.25, -0.2) is 0 Å². The number of aliphatic hydroxyl groups excluding tert-OH is 1. The summed E-state index contributed by atoms with van der Waals surface area (Å²) in [6, 6.07) is 7.56. The largest absolute Gasteiger partial charge is 0.508 e. The van der Waals surface area contributed by atoms with Gasteiger partial charge < -0.3 is 10.2 Å². The van der Waals surface area contributed by atoms with Crippen molar-refractivity contribution in [2.45, 2.75) is 39.9 Å². The molecule has 0 aliphatic carbocycles. The number of aryl methyl sites for hydroxylation is 1. The minimum atomic E-state index is 0.0942. The van der Waals surface area contributed by atoms with Crippen molar-refractivity contribution in [3.05, 3.63) is 46.8 Å². The molecule has 2 aromatic rings. The molecule has 1 aromatic carbocycles. The third-order valence-electron chi connectivity index (χ3n) is 4.26. The number of benzene rings is 1. The fraction of sp³-hybridized carbons (Fsp3) is 0.471. The lowest BCUT2D eigenvalue weighted by atomic mass is 10.1.